The van der Waals surface area contributed by atoms with Gasteiger partial charge in [-0.1, -0.05) is 17.7 Å². The minimum atomic E-state index is -0.575. The summed E-state index contributed by atoms with van der Waals surface area (Å²) in [5.74, 6) is 0.733. The van der Waals surface area contributed by atoms with Gasteiger partial charge in [0, 0.05) is 49.3 Å². The van der Waals surface area contributed by atoms with Crippen molar-refractivity contribution in [3.8, 4) is 11.5 Å². The number of aromatic amines is 1. The van der Waals surface area contributed by atoms with Gasteiger partial charge in [-0.2, -0.15) is 0 Å². The number of imidazole rings is 1. The van der Waals surface area contributed by atoms with Gasteiger partial charge in [0.1, 0.15) is 18.2 Å². The van der Waals surface area contributed by atoms with Gasteiger partial charge in [0.2, 0.25) is 5.91 Å². The van der Waals surface area contributed by atoms with Crippen molar-refractivity contribution in [1.29, 1.82) is 0 Å². The number of aromatic nitrogens is 4. The van der Waals surface area contributed by atoms with Crippen LogP contribution < -0.4 is 20.1 Å². The number of carbonyl (C=O) groups is 1. The third-order valence-electron chi connectivity index (χ3n) is 6.48. The molecule has 0 aliphatic carbocycles. The fraction of sp³-hybridized carbons (Fsp3) is 0.308. The first-order valence-electron chi connectivity index (χ1n) is 12.1. The maximum absolute atomic E-state index is 14.5. The summed E-state index contributed by atoms with van der Waals surface area (Å²) in [4.78, 5) is 30.4. The van der Waals surface area contributed by atoms with Gasteiger partial charge in [-0.05, 0) is 25.2 Å². The van der Waals surface area contributed by atoms with Crippen LogP contribution in [-0.2, 0) is 11.2 Å². The van der Waals surface area contributed by atoms with Crippen molar-refractivity contribution < 1.29 is 18.7 Å². The lowest BCUT2D eigenvalue weighted by molar-refractivity contribution is -0.125. The predicted molar refractivity (Wildman–Crippen MR) is 142 cm³/mol. The second kappa shape index (κ2) is 11.2. The Balaban J connectivity index is 1.32. The number of likely N-dealkylation sites (tertiary alicyclic amines) is 1. The van der Waals surface area contributed by atoms with Crippen molar-refractivity contribution in [2.75, 3.05) is 32.6 Å². The fourth-order valence-electron chi connectivity index (χ4n) is 4.53. The molecule has 3 N–H and O–H groups in total. The summed E-state index contributed by atoms with van der Waals surface area (Å²) < 4.78 is 26.4. The van der Waals surface area contributed by atoms with E-state index in [1.54, 1.807) is 43.9 Å². The van der Waals surface area contributed by atoms with Crippen LogP contribution in [0.3, 0.4) is 0 Å². The van der Waals surface area contributed by atoms with Crippen molar-refractivity contribution in [3.05, 3.63) is 65.7 Å². The van der Waals surface area contributed by atoms with Crippen LogP contribution in [0.2, 0.25) is 5.02 Å². The number of hydrogen-bond acceptors (Lipinski definition) is 8. The van der Waals surface area contributed by atoms with Crippen molar-refractivity contribution in [2.24, 2.45) is 0 Å². The highest BCUT2D eigenvalue weighted by Crippen LogP contribution is 2.37. The molecular formula is C26H27ClFN7O3. The zero-order valence-electron chi connectivity index (χ0n) is 20.9. The number of methoxy groups -OCH3 is 1. The molecule has 3 heterocycles. The van der Waals surface area contributed by atoms with Gasteiger partial charge in [-0.15, -0.1) is 0 Å². The van der Waals surface area contributed by atoms with Gasteiger partial charge in [-0.25, -0.2) is 19.3 Å². The van der Waals surface area contributed by atoms with E-state index < -0.39 is 5.82 Å². The average Bonchev–Trinajstić information content (AvgIpc) is 3.56. The Morgan fingerprint density at radius 1 is 1.29 bits per heavy atom. The Morgan fingerprint density at radius 2 is 2.16 bits per heavy atom. The predicted octanol–water partition coefficient (Wildman–Crippen LogP) is 3.71. The third-order valence-corrected chi connectivity index (χ3v) is 6.77. The Bertz CT molecular complexity index is 1440. The highest BCUT2D eigenvalue weighted by molar-refractivity contribution is 6.31. The van der Waals surface area contributed by atoms with Crippen LogP contribution in [0.5, 0.6) is 11.5 Å². The lowest BCUT2D eigenvalue weighted by Gasteiger charge is -2.18. The molecule has 5 rings (SSSR count). The lowest BCUT2D eigenvalue weighted by Crippen LogP contribution is -2.42. The summed E-state index contributed by atoms with van der Waals surface area (Å²) in [6.07, 6.45) is 5.68. The summed E-state index contributed by atoms with van der Waals surface area (Å²) >= 11 is 5.93. The first-order chi connectivity index (χ1) is 18.4. The van der Waals surface area contributed by atoms with E-state index >= 15 is 0 Å². The van der Waals surface area contributed by atoms with Crippen LogP contribution in [0.1, 0.15) is 12.1 Å². The van der Waals surface area contributed by atoms with Gasteiger partial charge in [-0.3, -0.25) is 9.69 Å². The largest absolute Gasteiger partial charge is 0.493 e. The number of halogens is 2. The van der Waals surface area contributed by atoms with E-state index in [0.717, 1.165) is 5.69 Å². The van der Waals surface area contributed by atoms with Crippen LogP contribution in [0.15, 0.2) is 49.2 Å². The maximum atomic E-state index is 14.5. The van der Waals surface area contributed by atoms with E-state index in [1.165, 1.54) is 12.4 Å². The molecule has 38 heavy (non-hydrogen) atoms. The van der Waals surface area contributed by atoms with Crippen molar-refractivity contribution in [2.45, 2.75) is 25.0 Å². The fourth-order valence-corrected chi connectivity index (χ4v) is 4.70. The Morgan fingerprint density at radius 3 is 2.95 bits per heavy atom. The first kappa shape index (κ1) is 25.7. The number of carbonyl (C=O) groups excluding carboxylic acids is 1. The zero-order valence-corrected chi connectivity index (χ0v) is 21.6. The number of anilines is 2. The molecule has 2 atom stereocenters. The molecule has 1 saturated heterocycles. The summed E-state index contributed by atoms with van der Waals surface area (Å²) in [6, 6.07) is 7.88. The highest BCUT2D eigenvalue weighted by atomic mass is 35.5. The van der Waals surface area contributed by atoms with Gasteiger partial charge >= 0.3 is 0 Å². The van der Waals surface area contributed by atoms with Crippen molar-refractivity contribution in [3.63, 3.8) is 0 Å². The van der Waals surface area contributed by atoms with E-state index in [2.05, 4.69) is 30.6 Å². The maximum Gasteiger partial charge on any atom is 0.237 e. The minimum absolute atomic E-state index is 0.00399. The second-order valence-electron chi connectivity index (χ2n) is 9.02. The van der Waals surface area contributed by atoms with Crippen molar-refractivity contribution >= 4 is 39.9 Å². The van der Waals surface area contributed by atoms with Crippen LogP contribution in [0.4, 0.5) is 15.9 Å². The number of ether oxygens (including phenoxy) is 2. The summed E-state index contributed by atoms with van der Waals surface area (Å²) in [5.41, 5.74) is 1.74. The van der Waals surface area contributed by atoms with Crippen LogP contribution in [0.25, 0.3) is 10.9 Å². The minimum Gasteiger partial charge on any atom is -0.493 e. The van der Waals surface area contributed by atoms with Crippen molar-refractivity contribution in [1.82, 2.24) is 30.2 Å². The number of H-pyrrole nitrogens is 1. The zero-order chi connectivity index (χ0) is 26.6. The summed E-state index contributed by atoms with van der Waals surface area (Å²) in [5, 5.41) is 6.61. The number of hydrogen-bond donors (Lipinski definition) is 3. The van der Waals surface area contributed by atoms with Gasteiger partial charge in [0.05, 0.1) is 35.7 Å². The van der Waals surface area contributed by atoms with Gasteiger partial charge in [0.15, 0.2) is 17.3 Å². The Kier molecular flexibility index (Phi) is 7.57. The van der Waals surface area contributed by atoms with Crippen LogP contribution >= 0.6 is 11.6 Å². The number of nitrogens with zero attached hydrogens (tertiary/aromatic N) is 4. The molecule has 2 aromatic carbocycles. The average molecular weight is 540 g/mol. The van der Waals surface area contributed by atoms with E-state index in [0.29, 0.717) is 54.2 Å². The molecule has 1 amide bonds. The number of fused-ring (bicyclic) bond motifs is 1. The molecule has 12 heteroatoms. The van der Waals surface area contributed by atoms with E-state index in [9.17, 15) is 9.18 Å². The molecule has 198 valence electrons. The number of amides is 1. The molecule has 2 aromatic heterocycles. The van der Waals surface area contributed by atoms with Crippen LogP contribution in [0, 0.1) is 5.82 Å². The molecule has 1 aliphatic rings. The number of nitrogens with one attached hydrogen (secondary N) is 3. The second-order valence-corrected chi connectivity index (χ2v) is 9.42. The van der Waals surface area contributed by atoms with Gasteiger partial charge < -0.3 is 25.1 Å². The molecule has 4 aromatic rings. The quantitative estimate of drug-likeness (QED) is 0.295. The van der Waals surface area contributed by atoms with E-state index in [1.807, 2.05) is 11.9 Å². The molecular weight excluding hydrogens is 513 g/mol. The Hall–Kier alpha value is -3.96. The first-order valence-corrected chi connectivity index (χ1v) is 12.5. The number of rotatable bonds is 9. The molecule has 0 bridgehead atoms. The number of likely N-dealkylation sites (N-methyl/N-ethyl adjacent to an activating group) is 1. The Labute approximate surface area is 223 Å². The van der Waals surface area contributed by atoms with E-state index in [-0.39, 0.29) is 28.8 Å². The molecule has 0 radical (unpaired) electrons. The number of benzene rings is 2. The smallest absolute Gasteiger partial charge is 0.237 e. The lowest BCUT2D eigenvalue weighted by atomic mass is 10.1. The standard InChI is InChI=1S/C26H27ClFN7O3/c1-35-12-16(8-21(35)26(36)30-7-6-15-11-29-13-31-15)38-23-9-17-20(10-22(23)37-2)32-14-33-25(17)34-19-5-3-4-18(27)24(19)28/h3-5,9-11,13-14,16,21H,6-8,12H2,1-2H3,(H,29,31)(H,30,36)(H,32,33,34)/t16?,21-/m1/s1. The summed E-state index contributed by atoms with van der Waals surface area (Å²) in [6.45, 7) is 1.07. The third kappa shape index (κ3) is 5.48. The molecule has 1 aliphatic heterocycles. The molecule has 0 saturated carbocycles. The molecule has 1 unspecified atom stereocenters. The summed E-state index contributed by atoms with van der Waals surface area (Å²) in [7, 11) is 3.45. The molecule has 0 spiro atoms. The van der Waals surface area contributed by atoms with Gasteiger partial charge in [0.25, 0.3) is 0 Å². The monoisotopic (exact) mass is 539 g/mol. The topological polar surface area (TPSA) is 117 Å². The highest BCUT2D eigenvalue weighted by Gasteiger charge is 2.36. The molecule has 1 fully saturated rings. The molecule has 10 nitrogen and oxygen atoms in total. The SMILES string of the molecule is COc1cc2ncnc(Nc3cccc(Cl)c3F)c2cc1OC1C[C@H](C(=O)NCCc2cnc[nH]2)N(C)C1. The normalized spacial score (nSPS) is 17.5. The van der Waals surface area contributed by atoms with Crippen LogP contribution in [-0.4, -0.2) is 70.1 Å². The van der Waals surface area contributed by atoms with E-state index in [4.69, 9.17) is 21.1 Å².